The molecule has 1 nitrogen and oxygen atoms in total. The third kappa shape index (κ3) is 6.20. The minimum absolute atomic E-state index is 0.107. The summed E-state index contributed by atoms with van der Waals surface area (Å²) >= 11 is 5.46. The highest BCUT2D eigenvalue weighted by atomic mass is 35.5. The number of nitrogens with zero attached hydrogens (tertiary/aromatic N) is 1. The molecule has 0 aliphatic rings. The molecule has 0 heterocycles. The van der Waals surface area contributed by atoms with Crippen LogP contribution in [-0.2, 0) is 30.9 Å². The summed E-state index contributed by atoms with van der Waals surface area (Å²) in [6, 6.07) is 1.36. The number of alkyl halides is 15. The molecule has 3 aromatic carbocycles. The van der Waals surface area contributed by atoms with Gasteiger partial charge in [0.2, 0.25) is 0 Å². The molecular weight excluding hydrogens is 611 g/mol. The van der Waals surface area contributed by atoms with Gasteiger partial charge in [-0.05, 0) is 42.5 Å². The van der Waals surface area contributed by atoms with Gasteiger partial charge in [0.25, 0.3) is 0 Å². The standard InChI is InChI=1S/C23H9ClF15N/c24-14-8-7-10(9-13(14)21(31,32)33)40(15-5-1-3-11(19(25,26)27)17(15)22(34,35)36)16-6-2-4-12(20(28,29)30)18(16)23(37,38)39/h1-9H. The summed E-state index contributed by atoms with van der Waals surface area (Å²) in [5.41, 5.74) is -17.1. The fourth-order valence-corrected chi connectivity index (χ4v) is 4.02. The van der Waals surface area contributed by atoms with E-state index in [1.54, 1.807) is 0 Å². The van der Waals surface area contributed by atoms with E-state index >= 15 is 0 Å². The number of halogens is 16. The van der Waals surface area contributed by atoms with E-state index < -0.39 is 85.7 Å². The summed E-state index contributed by atoms with van der Waals surface area (Å²) in [4.78, 5) is -0.415. The summed E-state index contributed by atoms with van der Waals surface area (Å²) in [5, 5.41) is -1.11. The van der Waals surface area contributed by atoms with Crippen molar-refractivity contribution in [1.29, 1.82) is 0 Å². The summed E-state index contributed by atoms with van der Waals surface area (Å²) in [6.45, 7) is 0. The lowest BCUT2D eigenvalue weighted by atomic mass is 9.98. The molecule has 0 bridgehead atoms. The van der Waals surface area contributed by atoms with Crippen LogP contribution >= 0.6 is 11.6 Å². The Morgan fingerprint density at radius 2 is 0.825 bits per heavy atom. The number of benzene rings is 3. The number of hydrogen-bond donors (Lipinski definition) is 0. The zero-order chi connectivity index (χ0) is 30.6. The van der Waals surface area contributed by atoms with Crippen molar-refractivity contribution in [3.05, 3.63) is 87.4 Å². The summed E-state index contributed by atoms with van der Waals surface area (Å²) in [5.74, 6) is 0. The van der Waals surface area contributed by atoms with E-state index in [2.05, 4.69) is 0 Å². The fraction of sp³-hybridized carbons (Fsp3) is 0.217. The molecule has 0 N–H and O–H groups in total. The Morgan fingerprint density at radius 3 is 1.15 bits per heavy atom. The van der Waals surface area contributed by atoms with Crippen LogP contribution in [0, 0.1) is 0 Å². The quantitative estimate of drug-likeness (QED) is 0.264. The smallest absolute Gasteiger partial charge is 0.309 e. The molecule has 218 valence electrons. The van der Waals surface area contributed by atoms with Crippen LogP contribution in [0.2, 0.25) is 5.02 Å². The Bertz CT molecular complexity index is 1320. The van der Waals surface area contributed by atoms with Crippen molar-refractivity contribution in [2.24, 2.45) is 0 Å². The van der Waals surface area contributed by atoms with E-state index in [1.165, 1.54) is 0 Å². The van der Waals surface area contributed by atoms with Gasteiger partial charge in [-0.15, -0.1) is 0 Å². The summed E-state index contributed by atoms with van der Waals surface area (Å²) < 4.78 is 206. The topological polar surface area (TPSA) is 3.24 Å². The van der Waals surface area contributed by atoms with Crippen molar-refractivity contribution >= 4 is 28.7 Å². The second-order valence-corrected chi connectivity index (χ2v) is 8.29. The molecule has 0 atom stereocenters. The predicted molar refractivity (Wildman–Crippen MR) is 111 cm³/mol. The molecule has 0 saturated carbocycles. The van der Waals surface area contributed by atoms with Crippen molar-refractivity contribution in [2.45, 2.75) is 30.9 Å². The monoisotopic (exact) mass is 619 g/mol. The molecule has 0 aliphatic heterocycles. The summed E-state index contributed by atoms with van der Waals surface area (Å²) in [7, 11) is 0. The second kappa shape index (κ2) is 9.96. The van der Waals surface area contributed by atoms with Gasteiger partial charge in [0.15, 0.2) is 0 Å². The second-order valence-electron chi connectivity index (χ2n) is 7.89. The van der Waals surface area contributed by atoms with Gasteiger partial charge in [-0.25, -0.2) is 0 Å². The van der Waals surface area contributed by atoms with E-state index in [9.17, 15) is 65.9 Å². The van der Waals surface area contributed by atoms with Crippen molar-refractivity contribution < 1.29 is 65.9 Å². The van der Waals surface area contributed by atoms with E-state index in [0.29, 0.717) is 24.3 Å². The molecule has 0 aliphatic carbocycles. The maximum absolute atomic E-state index is 14.0. The molecule has 3 aromatic rings. The number of rotatable bonds is 3. The largest absolute Gasteiger partial charge is 0.419 e. The third-order valence-corrected chi connectivity index (χ3v) is 5.59. The first kappa shape index (κ1) is 31.2. The molecule has 0 fully saturated rings. The van der Waals surface area contributed by atoms with Crippen molar-refractivity contribution in [1.82, 2.24) is 0 Å². The van der Waals surface area contributed by atoms with Gasteiger partial charge in [0.1, 0.15) is 0 Å². The lowest BCUT2D eigenvalue weighted by Gasteiger charge is -2.33. The maximum Gasteiger partial charge on any atom is 0.419 e. The van der Waals surface area contributed by atoms with Crippen molar-refractivity contribution in [2.75, 3.05) is 4.90 Å². The highest BCUT2D eigenvalue weighted by Gasteiger charge is 2.49. The van der Waals surface area contributed by atoms with Crippen LogP contribution in [0.3, 0.4) is 0 Å². The van der Waals surface area contributed by atoms with Crippen LogP contribution in [-0.4, -0.2) is 0 Å². The minimum Gasteiger partial charge on any atom is -0.309 e. The van der Waals surface area contributed by atoms with E-state index in [-0.39, 0.29) is 30.3 Å². The van der Waals surface area contributed by atoms with Gasteiger partial charge < -0.3 is 4.90 Å². The highest BCUT2D eigenvalue weighted by Crippen LogP contribution is 2.53. The van der Waals surface area contributed by atoms with Gasteiger partial charge in [-0.2, -0.15) is 65.9 Å². The molecule has 40 heavy (non-hydrogen) atoms. The minimum atomic E-state index is -6.01. The van der Waals surface area contributed by atoms with Crippen molar-refractivity contribution in [3.63, 3.8) is 0 Å². The van der Waals surface area contributed by atoms with Crippen molar-refractivity contribution in [3.8, 4) is 0 Å². The molecule has 0 unspecified atom stereocenters. The van der Waals surface area contributed by atoms with Gasteiger partial charge in [0.05, 0.1) is 44.2 Å². The predicted octanol–water partition coefficient (Wildman–Crippen LogP) is 10.9. The molecule has 17 heteroatoms. The van der Waals surface area contributed by atoms with E-state index in [4.69, 9.17) is 11.6 Å². The zero-order valence-corrected chi connectivity index (χ0v) is 19.4. The van der Waals surface area contributed by atoms with Gasteiger partial charge in [0, 0.05) is 5.69 Å². The number of anilines is 3. The Morgan fingerprint density at radius 1 is 0.450 bits per heavy atom. The first-order valence-electron chi connectivity index (χ1n) is 10.2. The highest BCUT2D eigenvalue weighted by molar-refractivity contribution is 6.31. The Balaban J connectivity index is 2.62. The number of hydrogen-bond acceptors (Lipinski definition) is 1. The van der Waals surface area contributed by atoms with Crippen LogP contribution < -0.4 is 4.90 Å². The molecule has 0 aromatic heterocycles. The molecule has 0 spiro atoms. The Kier molecular flexibility index (Phi) is 7.78. The fourth-order valence-electron chi connectivity index (χ4n) is 3.80. The third-order valence-electron chi connectivity index (χ3n) is 5.26. The zero-order valence-electron chi connectivity index (χ0n) is 18.7. The first-order valence-corrected chi connectivity index (χ1v) is 10.5. The van der Waals surface area contributed by atoms with Crippen LogP contribution in [0.5, 0.6) is 0 Å². The Hall–Kier alpha value is -3.30. The molecule has 3 rings (SSSR count). The first-order chi connectivity index (χ1) is 18.0. The van der Waals surface area contributed by atoms with Gasteiger partial charge >= 0.3 is 30.9 Å². The lowest BCUT2D eigenvalue weighted by Crippen LogP contribution is -2.25. The summed E-state index contributed by atoms with van der Waals surface area (Å²) in [6.07, 6.45) is -29.0. The van der Waals surface area contributed by atoms with Crippen LogP contribution in [0.4, 0.5) is 82.9 Å². The molecule has 0 radical (unpaired) electrons. The Labute approximate surface area is 218 Å². The van der Waals surface area contributed by atoms with Crippen LogP contribution in [0.1, 0.15) is 27.8 Å². The molecular formula is C23H9ClF15N. The van der Waals surface area contributed by atoms with E-state index in [1.807, 2.05) is 0 Å². The lowest BCUT2D eigenvalue weighted by molar-refractivity contribution is -0.162. The van der Waals surface area contributed by atoms with Gasteiger partial charge in [-0.3, -0.25) is 0 Å². The normalized spacial score (nSPS) is 13.5. The van der Waals surface area contributed by atoms with Crippen LogP contribution in [0.15, 0.2) is 54.6 Å². The van der Waals surface area contributed by atoms with E-state index in [0.717, 1.165) is 0 Å². The molecule has 0 amide bonds. The average Bonchev–Trinajstić information content (AvgIpc) is 2.76. The average molecular weight is 620 g/mol. The van der Waals surface area contributed by atoms with Crippen LogP contribution in [0.25, 0.3) is 0 Å². The molecule has 0 saturated heterocycles. The maximum atomic E-state index is 14.0. The SMILES string of the molecule is FC(F)(F)c1cc(N(c2cccc(C(F)(F)F)c2C(F)(F)F)c2cccc(C(F)(F)F)c2C(F)(F)F)ccc1Cl. The van der Waals surface area contributed by atoms with Gasteiger partial charge in [-0.1, -0.05) is 23.7 Å².